The van der Waals surface area contributed by atoms with Crippen LogP contribution < -0.4 is 0 Å². The Hall–Kier alpha value is -6.19. The van der Waals surface area contributed by atoms with Gasteiger partial charge in [0.2, 0.25) is 0 Å². The summed E-state index contributed by atoms with van der Waals surface area (Å²) < 4.78 is 0. The van der Waals surface area contributed by atoms with E-state index in [1.807, 2.05) is 6.07 Å². The maximum Gasteiger partial charge on any atom is 0.164 e. The molecule has 0 spiro atoms. The molecule has 270 valence electrons. The lowest BCUT2D eigenvalue weighted by Gasteiger charge is -2.35. The summed E-state index contributed by atoms with van der Waals surface area (Å²) in [7, 11) is 0. The Bertz CT molecular complexity index is 2400. The van der Waals surface area contributed by atoms with Crippen molar-refractivity contribution in [2.45, 2.75) is 57.8 Å². The van der Waals surface area contributed by atoms with E-state index in [1.165, 1.54) is 44.5 Å². The molecule has 3 heteroatoms. The highest BCUT2D eigenvalue weighted by Crippen LogP contribution is 2.42. The normalized spacial score (nSPS) is 12.7. The second-order valence-corrected chi connectivity index (χ2v) is 14.6. The Kier molecular flexibility index (Phi) is 10.7. The minimum absolute atomic E-state index is 0.0972. The highest BCUT2D eigenvalue weighted by atomic mass is 15.0. The Labute approximate surface area is 326 Å². The molecule has 0 bridgehead atoms. The van der Waals surface area contributed by atoms with Crippen LogP contribution in [0.15, 0.2) is 176 Å². The fraction of sp³-hybridized carbons (Fsp3) is 0.173. The summed E-state index contributed by atoms with van der Waals surface area (Å²) in [5, 5.41) is 0. The molecule has 0 amide bonds. The second-order valence-electron chi connectivity index (χ2n) is 14.6. The van der Waals surface area contributed by atoms with Crippen LogP contribution in [0, 0.1) is 0 Å². The van der Waals surface area contributed by atoms with Crippen LogP contribution in [0.2, 0.25) is 0 Å². The number of rotatable bonds is 12. The minimum atomic E-state index is -0.0972. The molecule has 0 saturated heterocycles. The van der Waals surface area contributed by atoms with Gasteiger partial charge in [0.1, 0.15) is 0 Å². The third-order valence-corrected chi connectivity index (χ3v) is 10.9. The van der Waals surface area contributed by atoms with Crippen molar-refractivity contribution in [2.24, 2.45) is 0 Å². The fourth-order valence-electron chi connectivity index (χ4n) is 8.14. The molecule has 0 unspecified atom stereocenters. The van der Waals surface area contributed by atoms with Crippen molar-refractivity contribution in [3.63, 3.8) is 0 Å². The predicted octanol–water partition coefficient (Wildman–Crippen LogP) is 13.8. The lowest BCUT2D eigenvalue weighted by atomic mass is 9.68. The summed E-state index contributed by atoms with van der Waals surface area (Å²) in [6.07, 6.45) is 12.9. The van der Waals surface area contributed by atoms with Gasteiger partial charge in [0.25, 0.3) is 0 Å². The smallest absolute Gasteiger partial charge is 0.164 e. The molecule has 0 aliphatic heterocycles. The summed E-state index contributed by atoms with van der Waals surface area (Å²) in [5.41, 5.74) is 12.9. The molecule has 8 rings (SSSR count). The van der Waals surface area contributed by atoms with Gasteiger partial charge in [0.05, 0.1) is 0 Å². The van der Waals surface area contributed by atoms with E-state index in [1.54, 1.807) is 0 Å². The number of nitrogens with zero attached hydrogens (tertiary/aromatic N) is 3. The SMILES string of the molecule is CCCC(CCC)(c1ccc(-c2cccc(-c3ccccc3)c2)cc1)c1ccc(-c2nc(C3=CCCC=C3)nc(-c3ccc(-c4ccccc4)cc3)n2)cc1. The van der Waals surface area contributed by atoms with Gasteiger partial charge in [-0.1, -0.05) is 197 Å². The van der Waals surface area contributed by atoms with E-state index in [0.717, 1.165) is 55.2 Å². The highest BCUT2D eigenvalue weighted by Gasteiger charge is 2.33. The van der Waals surface area contributed by atoms with Gasteiger partial charge in [-0.2, -0.15) is 0 Å². The molecule has 0 atom stereocenters. The maximum absolute atomic E-state index is 5.08. The summed E-state index contributed by atoms with van der Waals surface area (Å²) in [4.78, 5) is 15.2. The van der Waals surface area contributed by atoms with Gasteiger partial charge in [-0.3, -0.25) is 0 Å². The van der Waals surface area contributed by atoms with Crippen LogP contribution >= 0.6 is 0 Å². The van der Waals surface area contributed by atoms with Crippen LogP contribution in [-0.2, 0) is 5.41 Å². The molecule has 7 aromatic rings. The third-order valence-electron chi connectivity index (χ3n) is 10.9. The Morgan fingerprint density at radius 1 is 0.418 bits per heavy atom. The Morgan fingerprint density at radius 2 is 0.836 bits per heavy atom. The lowest BCUT2D eigenvalue weighted by Crippen LogP contribution is -2.27. The fourth-order valence-corrected chi connectivity index (χ4v) is 8.14. The van der Waals surface area contributed by atoms with Crippen molar-refractivity contribution < 1.29 is 0 Å². The van der Waals surface area contributed by atoms with E-state index < -0.39 is 0 Å². The average molecular weight is 714 g/mol. The first-order valence-corrected chi connectivity index (χ1v) is 19.8. The highest BCUT2D eigenvalue weighted by molar-refractivity contribution is 5.75. The Balaban J connectivity index is 1.13. The zero-order valence-electron chi connectivity index (χ0n) is 31.8. The first-order valence-electron chi connectivity index (χ1n) is 19.8. The zero-order valence-corrected chi connectivity index (χ0v) is 31.8. The maximum atomic E-state index is 5.08. The second kappa shape index (κ2) is 16.4. The number of allylic oxidation sites excluding steroid dienone is 4. The molecule has 0 radical (unpaired) electrons. The molecular weight excluding hydrogens is 667 g/mol. The monoisotopic (exact) mass is 713 g/mol. The predicted molar refractivity (Wildman–Crippen MR) is 230 cm³/mol. The van der Waals surface area contributed by atoms with Crippen molar-refractivity contribution in [2.75, 3.05) is 0 Å². The van der Waals surface area contributed by atoms with Crippen molar-refractivity contribution in [3.05, 3.63) is 193 Å². The lowest BCUT2D eigenvalue weighted by molar-refractivity contribution is 0.426. The molecule has 6 aromatic carbocycles. The van der Waals surface area contributed by atoms with Gasteiger partial charge in [-0.05, 0) is 76.3 Å². The van der Waals surface area contributed by atoms with Crippen molar-refractivity contribution in [3.8, 4) is 56.2 Å². The molecule has 1 heterocycles. The zero-order chi connectivity index (χ0) is 37.5. The topological polar surface area (TPSA) is 38.7 Å². The van der Waals surface area contributed by atoms with E-state index in [9.17, 15) is 0 Å². The van der Waals surface area contributed by atoms with Gasteiger partial charge in [-0.25, -0.2) is 15.0 Å². The molecule has 1 aromatic heterocycles. The van der Waals surface area contributed by atoms with Gasteiger partial charge >= 0.3 is 0 Å². The molecule has 3 nitrogen and oxygen atoms in total. The van der Waals surface area contributed by atoms with Gasteiger partial charge in [0.15, 0.2) is 17.5 Å². The van der Waals surface area contributed by atoms with E-state index in [2.05, 4.69) is 184 Å². The number of benzene rings is 6. The molecule has 1 aliphatic carbocycles. The van der Waals surface area contributed by atoms with E-state index >= 15 is 0 Å². The molecule has 0 fully saturated rings. The summed E-state index contributed by atoms with van der Waals surface area (Å²) in [6.45, 7) is 4.60. The van der Waals surface area contributed by atoms with Crippen LogP contribution in [0.25, 0.3) is 61.7 Å². The average Bonchev–Trinajstić information content (AvgIpc) is 3.27. The summed E-state index contributed by atoms with van der Waals surface area (Å²) in [6, 6.07) is 56.9. The summed E-state index contributed by atoms with van der Waals surface area (Å²) in [5.74, 6) is 2.09. The van der Waals surface area contributed by atoms with Crippen LogP contribution in [-0.4, -0.2) is 15.0 Å². The quantitative estimate of drug-likeness (QED) is 0.127. The molecular formula is C52H47N3. The summed E-state index contributed by atoms with van der Waals surface area (Å²) >= 11 is 0. The molecule has 0 saturated carbocycles. The third kappa shape index (κ3) is 7.75. The van der Waals surface area contributed by atoms with Crippen molar-refractivity contribution >= 4 is 5.57 Å². The Morgan fingerprint density at radius 3 is 1.35 bits per heavy atom. The van der Waals surface area contributed by atoms with Crippen molar-refractivity contribution in [1.29, 1.82) is 0 Å². The molecule has 0 N–H and O–H groups in total. The van der Waals surface area contributed by atoms with E-state index in [0.29, 0.717) is 17.5 Å². The number of hydrogen-bond acceptors (Lipinski definition) is 3. The first kappa shape index (κ1) is 35.8. The van der Waals surface area contributed by atoms with Crippen LogP contribution in [0.5, 0.6) is 0 Å². The number of aromatic nitrogens is 3. The first-order chi connectivity index (χ1) is 27.1. The van der Waals surface area contributed by atoms with Crippen LogP contribution in [0.1, 0.15) is 69.3 Å². The standard InChI is InChI=1S/C52H47N3/c1-3-35-52(36-4-2,47-31-27-41(28-32-47)46-22-14-21-45(37-46)39-17-10-6-11-18-39)48-33-29-44(30-34-48)51-54-49(42-19-12-7-13-20-42)53-50(55-51)43-25-23-40(24-26-43)38-15-8-5-9-16-38/h5-6,8-12,14-34,37H,3-4,7,13,35-36H2,1-2H3. The van der Waals surface area contributed by atoms with Crippen LogP contribution in [0.3, 0.4) is 0 Å². The molecule has 55 heavy (non-hydrogen) atoms. The van der Waals surface area contributed by atoms with Gasteiger partial charge in [0, 0.05) is 22.1 Å². The molecule has 1 aliphatic rings. The largest absolute Gasteiger partial charge is 0.208 e. The van der Waals surface area contributed by atoms with Gasteiger partial charge in [-0.15, -0.1) is 0 Å². The van der Waals surface area contributed by atoms with E-state index in [4.69, 9.17) is 15.0 Å². The minimum Gasteiger partial charge on any atom is -0.208 e. The van der Waals surface area contributed by atoms with E-state index in [-0.39, 0.29) is 5.41 Å². The van der Waals surface area contributed by atoms with Gasteiger partial charge < -0.3 is 0 Å². The number of hydrogen-bond donors (Lipinski definition) is 0. The van der Waals surface area contributed by atoms with Crippen LogP contribution in [0.4, 0.5) is 0 Å². The van der Waals surface area contributed by atoms with Crippen molar-refractivity contribution in [1.82, 2.24) is 15.0 Å².